The molecule has 0 heterocycles. The molecule has 0 saturated carbocycles. The number of benzene rings is 3. The van der Waals surface area contributed by atoms with Crippen molar-refractivity contribution in [3.8, 4) is 0 Å². The van der Waals surface area contributed by atoms with Gasteiger partial charge in [0.2, 0.25) is 0 Å². The SMILES string of the molecule is O=C(O)c1ccc(COP(Cc2ccccc2)Cc2ccccc2)cc1.[Ag]. The molecule has 5 heteroatoms. The third-order valence-corrected chi connectivity index (χ3v) is 5.95. The normalized spacial score (nSPS) is 10.4. The van der Waals surface area contributed by atoms with E-state index in [1.165, 1.54) is 11.1 Å². The van der Waals surface area contributed by atoms with E-state index < -0.39 is 14.1 Å². The molecule has 0 unspecified atom stereocenters. The van der Waals surface area contributed by atoms with Crippen LogP contribution in [0.25, 0.3) is 0 Å². The first-order valence-electron chi connectivity index (χ1n) is 8.48. The molecule has 0 aliphatic heterocycles. The second-order valence-corrected chi connectivity index (χ2v) is 7.90. The van der Waals surface area contributed by atoms with Crippen molar-refractivity contribution in [2.45, 2.75) is 18.9 Å². The maximum atomic E-state index is 11.0. The topological polar surface area (TPSA) is 46.5 Å². The first-order valence-corrected chi connectivity index (χ1v) is 10.1. The number of carboxylic acid groups (broad SMARTS) is 1. The summed E-state index contributed by atoms with van der Waals surface area (Å²) in [6.45, 7) is 0.491. The summed E-state index contributed by atoms with van der Waals surface area (Å²) >= 11 is 0. The molecule has 3 aromatic carbocycles. The van der Waals surface area contributed by atoms with Crippen LogP contribution in [0.15, 0.2) is 84.9 Å². The number of carbonyl (C=O) groups is 1. The van der Waals surface area contributed by atoms with Crippen LogP contribution in [0.2, 0.25) is 0 Å². The molecule has 0 aromatic heterocycles. The Morgan fingerprint density at radius 3 is 1.67 bits per heavy atom. The Bertz CT molecular complexity index is 782. The molecule has 0 aliphatic rings. The van der Waals surface area contributed by atoms with Gasteiger partial charge in [0.25, 0.3) is 0 Å². The van der Waals surface area contributed by atoms with Crippen molar-refractivity contribution < 1.29 is 36.8 Å². The molecule has 0 aliphatic carbocycles. The van der Waals surface area contributed by atoms with Crippen LogP contribution in [0.5, 0.6) is 0 Å². The molecule has 0 atom stereocenters. The van der Waals surface area contributed by atoms with Crippen molar-refractivity contribution in [3.05, 3.63) is 107 Å². The zero-order chi connectivity index (χ0) is 18.2. The zero-order valence-electron chi connectivity index (χ0n) is 14.7. The van der Waals surface area contributed by atoms with Crippen molar-refractivity contribution in [1.29, 1.82) is 0 Å². The summed E-state index contributed by atoms with van der Waals surface area (Å²) in [5.74, 6) is -0.909. The number of carboxylic acids is 1. The summed E-state index contributed by atoms with van der Waals surface area (Å²) in [6, 6.07) is 27.7. The van der Waals surface area contributed by atoms with Crippen LogP contribution in [0, 0.1) is 0 Å². The van der Waals surface area contributed by atoms with Crippen LogP contribution in [-0.2, 0) is 45.8 Å². The van der Waals surface area contributed by atoms with E-state index in [-0.39, 0.29) is 22.4 Å². The number of aromatic carboxylic acids is 1. The average Bonchev–Trinajstić information content (AvgIpc) is 2.68. The predicted octanol–water partition coefficient (Wildman–Crippen LogP) is 5.70. The third-order valence-electron chi connectivity index (χ3n) is 4.02. The van der Waals surface area contributed by atoms with Gasteiger partial charge in [-0.05, 0) is 28.8 Å². The fourth-order valence-corrected chi connectivity index (χ4v) is 4.49. The first kappa shape index (κ1) is 21.6. The second kappa shape index (κ2) is 11.2. The minimum Gasteiger partial charge on any atom is -0.478 e. The molecule has 3 aromatic rings. The first-order chi connectivity index (χ1) is 12.7. The Morgan fingerprint density at radius 1 is 0.741 bits per heavy atom. The van der Waals surface area contributed by atoms with Crippen LogP contribution in [0.4, 0.5) is 0 Å². The van der Waals surface area contributed by atoms with Crippen LogP contribution >= 0.6 is 8.15 Å². The van der Waals surface area contributed by atoms with E-state index in [1.54, 1.807) is 12.1 Å². The van der Waals surface area contributed by atoms with Gasteiger partial charge in [-0.2, -0.15) is 0 Å². The van der Waals surface area contributed by atoms with E-state index in [1.807, 2.05) is 24.3 Å². The van der Waals surface area contributed by atoms with Crippen molar-refractivity contribution in [2.75, 3.05) is 0 Å². The van der Waals surface area contributed by atoms with Gasteiger partial charge in [-0.25, -0.2) is 4.79 Å². The van der Waals surface area contributed by atoms with Gasteiger partial charge in [-0.15, -0.1) is 0 Å². The van der Waals surface area contributed by atoms with Crippen LogP contribution < -0.4 is 0 Å². The number of hydrogen-bond donors (Lipinski definition) is 1. The fourth-order valence-electron chi connectivity index (χ4n) is 2.63. The Labute approximate surface area is 176 Å². The maximum absolute atomic E-state index is 11.0. The predicted molar refractivity (Wildman–Crippen MR) is 105 cm³/mol. The largest absolute Gasteiger partial charge is 0.478 e. The molecule has 27 heavy (non-hydrogen) atoms. The van der Waals surface area contributed by atoms with E-state index >= 15 is 0 Å². The van der Waals surface area contributed by atoms with Gasteiger partial charge in [-0.1, -0.05) is 72.8 Å². The summed E-state index contributed by atoms with van der Waals surface area (Å²) in [5, 5.41) is 8.99. The molecule has 0 spiro atoms. The van der Waals surface area contributed by atoms with E-state index in [9.17, 15) is 4.79 Å². The molecule has 1 radical (unpaired) electrons. The Balaban J connectivity index is 0.00000261. The van der Waals surface area contributed by atoms with Gasteiger partial charge in [0.15, 0.2) is 0 Å². The van der Waals surface area contributed by atoms with Gasteiger partial charge in [-0.3, -0.25) is 0 Å². The Morgan fingerprint density at radius 2 is 1.22 bits per heavy atom. The van der Waals surface area contributed by atoms with Crippen LogP contribution in [0.1, 0.15) is 27.0 Å². The molecular formula is C22H21AgO3P. The summed E-state index contributed by atoms with van der Waals surface area (Å²) in [4.78, 5) is 11.0. The minimum atomic E-state index is -0.909. The fraction of sp³-hybridized carbons (Fsp3) is 0.136. The molecule has 3 nitrogen and oxygen atoms in total. The van der Waals surface area contributed by atoms with E-state index in [4.69, 9.17) is 9.63 Å². The monoisotopic (exact) mass is 471 g/mol. The second-order valence-electron chi connectivity index (χ2n) is 6.04. The summed E-state index contributed by atoms with van der Waals surface area (Å²) in [5.41, 5.74) is 3.83. The number of hydrogen-bond acceptors (Lipinski definition) is 2. The summed E-state index contributed by atoms with van der Waals surface area (Å²) in [7, 11) is -0.673. The van der Waals surface area contributed by atoms with Crippen LogP contribution in [0.3, 0.4) is 0 Å². The van der Waals surface area contributed by atoms with Crippen molar-refractivity contribution in [2.24, 2.45) is 0 Å². The van der Waals surface area contributed by atoms with Crippen molar-refractivity contribution in [3.63, 3.8) is 0 Å². The summed E-state index contributed by atoms with van der Waals surface area (Å²) in [6.07, 6.45) is 1.80. The molecule has 143 valence electrons. The molecule has 0 amide bonds. The van der Waals surface area contributed by atoms with Crippen LogP contribution in [-0.4, -0.2) is 11.1 Å². The van der Waals surface area contributed by atoms with E-state index in [0.717, 1.165) is 17.9 Å². The van der Waals surface area contributed by atoms with Gasteiger partial charge in [0.1, 0.15) is 0 Å². The van der Waals surface area contributed by atoms with E-state index in [2.05, 4.69) is 48.5 Å². The molecule has 0 saturated heterocycles. The van der Waals surface area contributed by atoms with Crippen molar-refractivity contribution in [1.82, 2.24) is 0 Å². The maximum Gasteiger partial charge on any atom is 0.335 e. The molecular weight excluding hydrogens is 451 g/mol. The third kappa shape index (κ3) is 7.06. The summed E-state index contributed by atoms with van der Waals surface area (Å²) < 4.78 is 6.25. The Kier molecular flexibility index (Phi) is 8.93. The molecule has 1 N–H and O–H groups in total. The van der Waals surface area contributed by atoms with E-state index in [0.29, 0.717) is 12.2 Å². The quantitative estimate of drug-likeness (QED) is 0.338. The zero-order valence-corrected chi connectivity index (χ0v) is 17.1. The van der Waals surface area contributed by atoms with Gasteiger partial charge < -0.3 is 9.63 Å². The van der Waals surface area contributed by atoms with Gasteiger partial charge >= 0.3 is 5.97 Å². The smallest absolute Gasteiger partial charge is 0.335 e. The van der Waals surface area contributed by atoms with Gasteiger partial charge in [0.05, 0.1) is 12.2 Å². The molecule has 0 bridgehead atoms. The minimum absolute atomic E-state index is 0. The van der Waals surface area contributed by atoms with Crippen molar-refractivity contribution >= 4 is 14.1 Å². The molecule has 3 rings (SSSR count). The molecule has 0 fully saturated rings. The average molecular weight is 472 g/mol. The Hall–Kier alpha value is -1.74. The van der Waals surface area contributed by atoms with Gasteiger partial charge in [0, 0.05) is 42.9 Å². The number of rotatable bonds is 8. The standard InChI is InChI=1S/C22H21O3P.Ag/c23-22(24)21-13-11-18(12-14-21)15-25-26(16-19-7-3-1-4-8-19)17-20-9-5-2-6-10-20;/h1-14H,15-17H2,(H,23,24);.